The maximum absolute atomic E-state index is 6.03. The van der Waals surface area contributed by atoms with Gasteiger partial charge >= 0.3 is 0 Å². The Morgan fingerprint density at radius 3 is 2.70 bits per heavy atom. The molecular formula is C17H18ClNS. The molecule has 1 fully saturated rings. The van der Waals surface area contributed by atoms with Gasteiger partial charge in [0.05, 0.1) is 0 Å². The Hall–Kier alpha value is -0.960. The standard InChI is InChI=1S/C17H18ClNS/c1-12-9-16(20-15-4-2-3-14(18)10-15)5-6-17(12)13-7-8-19-11-13/h2-6,9-10,13,19H,7-8,11H2,1H3. The average molecular weight is 304 g/mol. The maximum atomic E-state index is 6.03. The van der Waals surface area contributed by atoms with Gasteiger partial charge in [-0.15, -0.1) is 0 Å². The van der Waals surface area contributed by atoms with Crippen molar-refractivity contribution in [3.05, 3.63) is 58.6 Å². The van der Waals surface area contributed by atoms with Gasteiger partial charge < -0.3 is 5.32 Å². The van der Waals surface area contributed by atoms with Gasteiger partial charge in [-0.1, -0.05) is 35.5 Å². The summed E-state index contributed by atoms with van der Waals surface area (Å²) in [6.07, 6.45) is 1.25. The van der Waals surface area contributed by atoms with Crippen LogP contribution in [-0.2, 0) is 0 Å². The molecule has 0 spiro atoms. The van der Waals surface area contributed by atoms with Gasteiger partial charge in [0.1, 0.15) is 0 Å². The number of halogens is 1. The van der Waals surface area contributed by atoms with E-state index in [1.165, 1.54) is 27.3 Å². The molecule has 104 valence electrons. The van der Waals surface area contributed by atoms with Crippen LogP contribution in [0.15, 0.2) is 52.3 Å². The predicted molar refractivity (Wildman–Crippen MR) is 87.0 cm³/mol. The summed E-state index contributed by atoms with van der Waals surface area (Å²) in [4.78, 5) is 2.46. The molecular weight excluding hydrogens is 286 g/mol. The van der Waals surface area contributed by atoms with Gasteiger partial charge in [0.15, 0.2) is 0 Å². The molecule has 1 atom stereocenters. The molecule has 2 aromatic rings. The van der Waals surface area contributed by atoms with E-state index in [1.807, 2.05) is 18.2 Å². The third kappa shape index (κ3) is 3.20. The Bertz CT molecular complexity index is 606. The highest BCUT2D eigenvalue weighted by Gasteiger charge is 2.18. The van der Waals surface area contributed by atoms with Crippen LogP contribution in [-0.4, -0.2) is 13.1 Å². The second-order valence-corrected chi connectivity index (χ2v) is 6.85. The third-order valence-electron chi connectivity index (χ3n) is 3.77. The lowest BCUT2D eigenvalue weighted by Gasteiger charge is -2.13. The fourth-order valence-electron chi connectivity index (χ4n) is 2.76. The zero-order chi connectivity index (χ0) is 13.9. The van der Waals surface area contributed by atoms with Gasteiger partial charge in [0, 0.05) is 21.4 Å². The molecule has 2 aromatic carbocycles. The summed E-state index contributed by atoms with van der Waals surface area (Å²) in [7, 11) is 0. The van der Waals surface area contributed by atoms with E-state index in [0.29, 0.717) is 5.92 Å². The highest BCUT2D eigenvalue weighted by Crippen LogP contribution is 2.33. The fourth-order valence-corrected chi connectivity index (χ4v) is 3.99. The Kier molecular flexibility index (Phi) is 4.35. The largest absolute Gasteiger partial charge is 0.316 e. The van der Waals surface area contributed by atoms with Crippen LogP contribution in [0.5, 0.6) is 0 Å². The van der Waals surface area contributed by atoms with Crippen molar-refractivity contribution in [3.8, 4) is 0 Å². The molecule has 3 rings (SSSR count). The first-order chi connectivity index (χ1) is 9.72. The number of aryl methyl sites for hydroxylation is 1. The van der Waals surface area contributed by atoms with Crippen LogP contribution in [0.3, 0.4) is 0 Å². The summed E-state index contributed by atoms with van der Waals surface area (Å²) in [5.41, 5.74) is 2.89. The summed E-state index contributed by atoms with van der Waals surface area (Å²) in [5, 5.41) is 4.23. The van der Waals surface area contributed by atoms with Crippen LogP contribution >= 0.6 is 23.4 Å². The van der Waals surface area contributed by atoms with E-state index in [0.717, 1.165) is 18.1 Å². The number of nitrogens with one attached hydrogen (secondary N) is 1. The summed E-state index contributed by atoms with van der Waals surface area (Å²) in [6.45, 7) is 4.47. The normalized spacial score (nSPS) is 18.4. The topological polar surface area (TPSA) is 12.0 Å². The first-order valence-electron chi connectivity index (χ1n) is 6.97. The Morgan fingerprint density at radius 1 is 1.15 bits per heavy atom. The van der Waals surface area contributed by atoms with Crippen molar-refractivity contribution in [2.45, 2.75) is 29.1 Å². The van der Waals surface area contributed by atoms with E-state index in [-0.39, 0.29) is 0 Å². The molecule has 1 unspecified atom stereocenters. The molecule has 1 heterocycles. The molecule has 1 nitrogen and oxygen atoms in total. The summed E-state index contributed by atoms with van der Waals surface area (Å²) in [6, 6.07) is 14.8. The number of hydrogen-bond acceptors (Lipinski definition) is 2. The summed E-state index contributed by atoms with van der Waals surface area (Å²) in [5.74, 6) is 0.681. The molecule has 1 aliphatic heterocycles. The molecule has 3 heteroatoms. The van der Waals surface area contributed by atoms with E-state index in [4.69, 9.17) is 11.6 Å². The molecule has 20 heavy (non-hydrogen) atoms. The van der Waals surface area contributed by atoms with Crippen molar-refractivity contribution in [3.63, 3.8) is 0 Å². The van der Waals surface area contributed by atoms with Crippen molar-refractivity contribution in [2.75, 3.05) is 13.1 Å². The summed E-state index contributed by atoms with van der Waals surface area (Å²) < 4.78 is 0. The Labute approximate surface area is 129 Å². The van der Waals surface area contributed by atoms with Crippen molar-refractivity contribution < 1.29 is 0 Å². The number of hydrogen-bond donors (Lipinski definition) is 1. The van der Waals surface area contributed by atoms with E-state index < -0.39 is 0 Å². The minimum Gasteiger partial charge on any atom is -0.316 e. The van der Waals surface area contributed by atoms with Gasteiger partial charge in [-0.05, 0) is 67.3 Å². The minimum atomic E-state index is 0.681. The average Bonchev–Trinajstić information content (AvgIpc) is 2.92. The molecule has 0 radical (unpaired) electrons. The molecule has 1 N–H and O–H groups in total. The zero-order valence-electron chi connectivity index (χ0n) is 11.5. The van der Waals surface area contributed by atoms with Gasteiger partial charge in [-0.3, -0.25) is 0 Å². The molecule has 1 saturated heterocycles. The first kappa shape index (κ1) is 14.0. The smallest absolute Gasteiger partial charge is 0.0417 e. The van der Waals surface area contributed by atoms with Gasteiger partial charge in [-0.2, -0.15) is 0 Å². The van der Waals surface area contributed by atoms with Crippen molar-refractivity contribution >= 4 is 23.4 Å². The minimum absolute atomic E-state index is 0.681. The second-order valence-electron chi connectivity index (χ2n) is 5.27. The molecule has 0 amide bonds. The van der Waals surface area contributed by atoms with Crippen molar-refractivity contribution in [1.82, 2.24) is 5.32 Å². The monoisotopic (exact) mass is 303 g/mol. The Balaban J connectivity index is 1.79. The van der Waals surface area contributed by atoms with Crippen LogP contribution in [0.2, 0.25) is 5.02 Å². The molecule has 0 bridgehead atoms. The molecule has 0 aliphatic carbocycles. The SMILES string of the molecule is Cc1cc(Sc2cccc(Cl)c2)ccc1C1CCNC1. The van der Waals surface area contributed by atoms with E-state index in [1.54, 1.807) is 11.8 Å². The molecule has 0 aromatic heterocycles. The number of benzene rings is 2. The lowest BCUT2D eigenvalue weighted by atomic mass is 9.94. The van der Waals surface area contributed by atoms with Crippen LogP contribution < -0.4 is 5.32 Å². The van der Waals surface area contributed by atoms with E-state index >= 15 is 0 Å². The van der Waals surface area contributed by atoms with Gasteiger partial charge in [-0.25, -0.2) is 0 Å². The lowest BCUT2D eigenvalue weighted by molar-refractivity contribution is 0.756. The number of rotatable bonds is 3. The van der Waals surface area contributed by atoms with Gasteiger partial charge in [0.2, 0.25) is 0 Å². The fraction of sp³-hybridized carbons (Fsp3) is 0.294. The molecule has 0 saturated carbocycles. The van der Waals surface area contributed by atoms with Crippen LogP contribution in [0, 0.1) is 6.92 Å². The van der Waals surface area contributed by atoms with Crippen LogP contribution in [0.1, 0.15) is 23.5 Å². The summed E-state index contributed by atoms with van der Waals surface area (Å²) >= 11 is 7.80. The third-order valence-corrected chi connectivity index (χ3v) is 4.99. The first-order valence-corrected chi connectivity index (χ1v) is 8.16. The molecule has 1 aliphatic rings. The highest BCUT2D eigenvalue weighted by atomic mass is 35.5. The second kappa shape index (κ2) is 6.21. The van der Waals surface area contributed by atoms with E-state index in [9.17, 15) is 0 Å². The maximum Gasteiger partial charge on any atom is 0.0417 e. The quantitative estimate of drug-likeness (QED) is 0.867. The predicted octanol–water partition coefficient (Wildman–Crippen LogP) is 4.88. The van der Waals surface area contributed by atoms with Crippen molar-refractivity contribution in [1.29, 1.82) is 0 Å². The van der Waals surface area contributed by atoms with Crippen molar-refractivity contribution in [2.24, 2.45) is 0 Å². The van der Waals surface area contributed by atoms with E-state index in [2.05, 4.69) is 36.5 Å². The highest BCUT2D eigenvalue weighted by molar-refractivity contribution is 7.99. The zero-order valence-corrected chi connectivity index (χ0v) is 13.1. The Morgan fingerprint density at radius 2 is 2.00 bits per heavy atom. The lowest BCUT2D eigenvalue weighted by Crippen LogP contribution is -2.08. The van der Waals surface area contributed by atoms with Crippen LogP contribution in [0.25, 0.3) is 0 Å². The van der Waals surface area contributed by atoms with Crippen LogP contribution in [0.4, 0.5) is 0 Å². The van der Waals surface area contributed by atoms with Gasteiger partial charge in [0.25, 0.3) is 0 Å².